The lowest BCUT2D eigenvalue weighted by Crippen LogP contribution is -2.44. The Labute approximate surface area is 203 Å². The van der Waals surface area contributed by atoms with Gasteiger partial charge in [-0.15, -0.1) is 0 Å². The van der Waals surface area contributed by atoms with Gasteiger partial charge >= 0.3 is 0 Å². The Hall–Kier alpha value is -2.93. The standard InChI is InChI=1S/C26H28ClFN4O2/c1-3-20-22(10-7-16(2)29-20)34-15-24(33)32-13-11-21-26(31-12-5-4-6-23(31)30-21)25(32)18-9-8-17(27)14-19(18)28/h7-10,14,25H,3-6,11-13,15H2,1-2H3/t25-/m0/s1. The number of halogens is 2. The third-order valence-corrected chi connectivity index (χ3v) is 6.92. The summed E-state index contributed by atoms with van der Waals surface area (Å²) in [6.45, 7) is 5.07. The van der Waals surface area contributed by atoms with E-state index in [2.05, 4.69) is 9.55 Å². The molecular weight excluding hydrogens is 455 g/mol. The highest BCUT2D eigenvalue weighted by molar-refractivity contribution is 6.30. The summed E-state index contributed by atoms with van der Waals surface area (Å²) in [4.78, 5) is 24.6. The van der Waals surface area contributed by atoms with Gasteiger partial charge in [-0.05, 0) is 50.5 Å². The SMILES string of the molecule is CCc1nc(C)ccc1OCC(=O)N1CCc2nc3n(c2[C@@H]1c1ccc(Cl)cc1F)CCCC3. The zero-order valence-corrected chi connectivity index (χ0v) is 20.2. The second-order valence-corrected chi connectivity index (χ2v) is 9.35. The summed E-state index contributed by atoms with van der Waals surface area (Å²) in [6.07, 6.45) is 4.39. The van der Waals surface area contributed by atoms with Crippen LogP contribution in [0.4, 0.5) is 4.39 Å². The molecule has 4 heterocycles. The number of imidazole rings is 1. The number of ether oxygens (including phenoxy) is 1. The normalized spacial score (nSPS) is 17.3. The first-order chi connectivity index (χ1) is 16.5. The number of fused-ring (bicyclic) bond motifs is 3. The van der Waals surface area contributed by atoms with Gasteiger partial charge in [-0.3, -0.25) is 9.78 Å². The quantitative estimate of drug-likeness (QED) is 0.522. The number of nitrogens with zero attached hydrogens (tertiary/aromatic N) is 4. The van der Waals surface area contributed by atoms with E-state index in [-0.39, 0.29) is 12.5 Å². The number of carbonyl (C=O) groups is 1. The molecule has 8 heteroatoms. The average molecular weight is 483 g/mol. The Kier molecular flexibility index (Phi) is 6.30. The molecule has 0 N–H and O–H groups in total. The van der Waals surface area contributed by atoms with Crippen LogP contribution in [0.1, 0.15) is 60.0 Å². The summed E-state index contributed by atoms with van der Waals surface area (Å²) in [7, 11) is 0. The van der Waals surface area contributed by atoms with E-state index in [0.717, 1.165) is 54.4 Å². The van der Waals surface area contributed by atoms with Gasteiger partial charge in [0.2, 0.25) is 0 Å². The van der Waals surface area contributed by atoms with Gasteiger partial charge in [-0.2, -0.15) is 0 Å². The molecule has 1 amide bonds. The fourth-order valence-electron chi connectivity index (χ4n) is 5.07. The lowest BCUT2D eigenvalue weighted by molar-refractivity contribution is -0.135. The van der Waals surface area contributed by atoms with Crippen molar-refractivity contribution in [1.82, 2.24) is 19.4 Å². The van der Waals surface area contributed by atoms with Crippen LogP contribution in [0, 0.1) is 12.7 Å². The molecule has 0 saturated carbocycles. The van der Waals surface area contributed by atoms with E-state index in [1.165, 1.54) is 6.07 Å². The highest BCUT2D eigenvalue weighted by atomic mass is 35.5. The number of amides is 1. The number of carbonyl (C=O) groups excluding carboxylic acids is 1. The van der Waals surface area contributed by atoms with E-state index in [0.29, 0.717) is 35.7 Å². The fraction of sp³-hybridized carbons (Fsp3) is 0.423. The second-order valence-electron chi connectivity index (χ2n) is 8.91. The fourth-order valence-corrected chi connectivity index (χ4v) is 5.22. The number of hydrogen-bond donors (Lipinski definition) is 0. The van der Waals surface area contributed by atoms with E-state index in [4.69, 9.17) is 21.3 Å². The van der Waals surface area contributed by atoms with Crippen LogP contribution in [0.2, 0.25) is 5.02 Å². The van der Waals surface area contributed by atoms with Crippen molar-refractivity contribution in [2.45, 2.75) is 58.5 Å². The molecule has 0 aliphatic carbocycles. The monoisotopic (exact) mass is 482 g/mol. The van der Waals surface area contributed by atoms with Crippen molar-refractivity contribution >= 4 is 17.5 Å². The van der Waals surface area contributed by atoms with Crippen molar-refractivity contribution in [3.8, 4) is 5.75 Å². The maximum absolute atomic E-state index is 15.2. The minimum absolute atomic E-state index is 0.139. The molecule has 2 aliphatic heterocycles. The predicted octanol–water partition coefficient (Wildman–Crippen LogP) is 4.83. The van der Waals surface area contributed by atoms with E-state index < -0.39 is 11.9 Å². The van der Waals surface area contributed by atoms with Crippen LogP contribution in [0.25, 0.3) is 0 Å². The molecule has 0 fully saturated rings. The van der Waals surface area contributed by atoms with Crippen LogP contribution in [0.5, 0.6) is 5.75 Å². The highest BCUT2D eigenvalue weighted by Crippen LogP contribution is 2.39. The molecule has 0 spiro atoms. The lowest BCUT2D eigenvalue weighted by atomic mass is 9.94. The van der Waals surface area contributed by atoms with Crippen molar-refractivity contribution in [2.24, 2.45) is 0 Å². The number of pyridine rings is 1. The van der Waals surface area contributed by atoms with Crippen LogP contribution in [-0.2, 0) is 30.6 Å². The molecule has 2 aliphatic rings. The first kappa shape index (κ1) is 22.8. The van der Waals surface area contributed by atoms with Gasteiger partial charge in [0.05, 0.1) is 17.1 Å². The van der Waals surface area contributed by atoms with E-state index in [1.807, 2.05) is 26.0 Å². The lowest BCUT2D eigenvalue weighted by Gasteiger charge is -2.37. The Bertz CT molecular complexity index is 1240. The summed E-state index contributed by atoms with van der Waals surface area (Å²) < 4.78 is 23.3. The number of rotatable bonds is 5. The highest BCUT2D eigenvalue weighted by Gasteiger charge is 2.38. The molecule has 0 saturated heterocycles. The second kappa shape index (κ2) is 9.37. The van der Waals surface area contributed by atoms with Gasteiger partial charge in [-0.1, -0.05) is 24.6 Å². The van der Waals surface area contributed by atoms with Crippen LogP contribution in [0.3, 0.4) is 0 Å². The van der Waals surface area contributed by atoms with Crippen molar-refractivity contribution in [1.29, 1.82) is 0 Å². The molecule has 5 rings (SSSR count). The first-order valence-corrected chi connectivity index (χ1v) is 12.3. The number of aryl methyl sites for hydroxylation is 3. The maximum Gasteiger partial charge on any atom is 0.261 e. The van der Waals surface area contributed by atoms with Gasteiger partial charge in [0.1, 0.15) is 23.4 Å². The molecule has 6 nitrogen and oxygen atoms in total. The van der Waals surface area contributed by atoms with E-state index >= 15 is 4.39 Å². The van der Waals surface area contributed by atoms with Crippen LogP contribution < -0.4 is 4.74 Å². The summed E-state index contributed by atoms with van der Waals surface area (Å²) >= 11 is 6.04. The van der Waals surface area contributed by atoms with Gasteiger partial charge < -0.3 is 14.2 Å². The van der Waals surface area contributed by atoms with Gasteiger partial charge in [0.25, 0.3) is 5.91 Å². The third kappa shape index (κ3) is 4.17. The average Bonchev–Trinajstić information content (AvgIpc) is 3.21. The molecule has 1 aromatic carbocycles. The maximum atomic E-state index is 15.2. The smallest absolute Gasteiger partial charge is 0.261 e. The molecule has 3 aromatic rings. The van der Waals surface area contributed by atoms with E-state index in [9.17, 15) is 4.79 Å². The predicted molar refractivity (Wildman–Crippen MR) is 128 cm³/mol. The minimum atomic E-state index is -0.571. The molecule has 0 bridgehead atoms. The summed E-state index contributed by atoms with van der Waals surface area (Å²) in [5.41, 5.74) is 4.03. The van der Waals surface area contributed by atoms with Crippen molar-refractivity contribution in [2.75, 3.05) is 13.2 Å². The van der Waals surface area contributed by atoms with E-state index in [1.54, 1.807) is 17.0 Å². The Morgan fingerprint density at radius 2 is 2.03 bits per heavy atom. The van der Waals surface area contributed by atoms with Gasteiger partial charge in [0.15, 0.2) is 6.61 Å². The summed E-state index contributed by atoms with van der Waals surface area (Å²) in [5, 5.41) is 0.327. The molecule has 34 heavy (non-hydrogen) atoms. The van der Waals surface area contributed by atoms with Crippen LogP contribution >= 0.6 is 11.6 Å². The third-order valence-electron chi connectivity index (χ3n) is 6.69. The summed E-state index contributed by atoms with van der Waals surface area (Å²) in [6, 6.07) is 7.82. The molecule has 0 radical (unpaired) electrons. The largest absolute Gasteiger partial charge is 0.482 e. The zero-order valence-electron chi connectivity index (χ0n) is 19.5. The number of aromatic nitrogens is 3. The Balaban J connectivity index is 1.49. The first-order valence-electron chi connectivity index (χ1n) is 11.9. The van der Waals surface area contributed by atoms with Crippen molar-refractivity contribution in [3.63, 3.8) is 0 Å². The molecular formula is C26H28ClFN4O2. The number of benzene rings is 1. The minimum Gasteiger partial charge on any atom is -0.482 e. The summed E-state index contributed by atoms with van der Waals surface area (Å²) in [5.74, 6) is 1.01. The molecule has 2 aromatic heterocycles. The Morgan fingerprint density at radius 1 is 1.18 bits per heavy atom. The topological polar surface area (TPSA) is 60.2 Å². The van der Waals surface area contributed by atoms with Crippen LogP contribution in [-0.4, -0.2) is 38.5 Å². The Morgan fingerprint density at radius 3 is 2.82 bits per heavy atom. The van der Waals surface area contributed by atoms with Crippen LogP contribution in [0.15, 0.2) is 30.3 Å². The van der Waals surface area contributed by atoms with Gasteiger partial charge in [0, 0.05) is 42.2 Å². The van der Waals surface area contributed by atoms with Gasteiger partial charge in [-0.25, -0.2) is 9.37 Å². The van der Waals surface area contributed by atoms with Crippen molar-refractivity contribution in [3.05, 3.63) is 75.3 Å². The molecule has 1 atom stereocenters. The zero-order chi connectivity index (χ0) is 23.8. The van der Waals surface area contributed by atoms with Crippen molar-refractivity contribution < 1.29 is 13.9 Å². The molecule has 0 unspecified atom stereocenters. The number of hydrogen-bond acceptors (Lipinski definition) is 4. The molecule has 178 valence electrons.